The highest BCUT2D eigenvalue weighted by molar-refractivity contribution is 7.90. The zero-order chi connectivity index (χ0) is 15.2. The Morgan fingerprint density at radius 1 is 1.43 bits per heavy atom. The maximum absolute atomic E-state index is 13.5. The van der Waals surface area contributed by atoms with Gasteiger partial charge in [-0.1, -0.05) is 0 Å². The fourth-order valence-corrected chi connectivity index (χ4v) is 4.21. The molecule has 6 heteroatoms. The molecule has 1 atom stereocenters. The van der Waals surface area contributed by atoms with E-state index in [0.717, 1.165) is 35.1 Å². The van der Waals surface area contributed by atoms with Crippen LogP contribution in [-0.4, -0.2) is 42.9 Å². The zero-order valence-corrected chi connectivity index (χ0v) is 13.0. The lowest BCUT2D eigenvalue weighted by Crippen LogP contribution is -2.41. The number of sulfone groups is 1. The lowest BCUT2D eigenvalue weighted by Gasteiger charge is -2.32. The number of hydrogen-bond acceptors (Lipinski definition) is 3. The van der Waals surface area contributed by atoms with Crippen LogP contribution in [0.1, 0.15) is 18.2 Å². The van der Waals surface area contributed by atoms with Crippen LogP contribution in [0.15, 0.2) is 18.2 Å². The standard InChI is InChI=1S/C15H19FN2O2S/c1-10(9-21(2,19)20)18-6-5-15-13(8-18)12-7-11(16)3-4-14(12)17-15/h3-4,7,10,17H,5-6,8-9H2,1-2H3. The molecule has 0 bridgehead atoms. The second kappa shape index (κ2) is 5.10. The molecule has 4 nitrogen and oxygen atoms in total. The summed E-state index contributed by atoms with van der Waals surface area (Å²) >= 11 is 0. The van der Waals surface area contributed by atoms with E-state index in [1.807, 2.05) is 6.92 Å². The lowest BCUT2D eigenvalue weighted by atomic mass is 10.0. The minimum atomic E-state index is -3.00. The van der Waals surface area contributed by atoms with Crippen LogP contribution in [0.3, 0.4) is 0 Å². The van der Waals surface area contributed by atoms with Crippen LogP contribution >= 0.6 is 0 Å². The van der Waals surface area contributed by atoms with Crippen molar-refractivity contribution in [3.63, 3.8) is 0 Å². The Morgan fingerprint density at radius 2 is 2.19 bits per heavy atom. The number of aromatic amines is 1. The zero-order valence-electron chi connectivity index (χ0n) is 12.2. The highest BCUT2D eigenvalue weighted by atomic mass is 32.2. The number of nitrogens with one attached hydrogen (secondary N) is 1. The van der Waals surface area contributed by atoms with Gasteiger partial charge in [0.25, 0.3) is 0 Å². The molecule has 0 saturated heterocycles. The van der Waals surface area contributed by atoms with E-state index in [-0.39, 0.29) is 17.6 Å². The van der Waals surface area contributed by atoms with Gasteiger partial charge in [0.1, 0.15) is 15.7 Å². The van der Waals surface area contributed by atoms with Crippen molar-refractivity contribution in [2.24, 2.45) is 0 Å². The summed E-state index contributed by atoms with van der Waals surface area (Å²) in [6.45, 7) is 3.41. The van der Waals surface area contributed by atoms with Crippen LogP contribution in [-0.2, 0) is 22.8 Å². The molecule has 2 aromatic rings. The number of H-pyrrole nitrogens is 1. The Hall–Kier alpha value is -1.40. The van der Waals surface area contributed by atoms with Crippen LogP contribution in [0.4, 0.5) is 4.39 Å². The van der Waals surface area contributed by atoms with Crippen LogP contribution < -0.4 is 0 Å². The maximum Gasteiger partial charge on any atom is 0.148 e. The monoisotopic (exact) mass is 310 g/mol. The minimum Gasteiger partial charge on any atom is -0.358 e. The minimum absolute atomic E-state index is 0.0355. The molecule has 0 amide bonds. The molecule has 0 aliphatic carbocycles. The summed E-state index contributed by atoms with van der Waals surface area (Å²) in [7, 11) is -3.00. The third-order valence-electron chi connectivity index (χ3n) is 4.13. The molecule has 0 radical (unpaired) electrons. The Kier molecular flexibility index (Phi) is 3.53. The van der Waals surface area contributed by atoms with Crippen molar-refractivity contribution in [1.82, 2.24) is 9.88 Å². The molecule has 114 valence electrons. The average molecular weight is 310 g/mol. The van der Waals surface area contributed by atoms with E-state index < -0.39 is 9.84 Å². The molecule has 21 heavy (non-hydrogen) atoms. The van der Waals surface area contributed by atoms with Gasteiger partial charge in [0.2, 0.25) is 0 Å². The summed E-state index contributed by atoms with van der Waals surface area (Å²) in [5, 5.41) is 0.904. The summed E-state index contributed by atoms with van der Waals surface area (Å²) in [4.78, 5) is 5.49. The second-order valence-corrected chi connectivity index (χ2v) is 8.12. The smallest absolute Gasteiger partial charge is 0.148 e. The number of aromatic nitrogens is 1. The van der Waals surface area contributed by atoms with E-state index in [2.05, 4.69) is 9.88 Å². The number of nitrogens with zero attached hydrogens (tertiary/aromatic N) is 1. The van der Waals surface area contributed by atoms with E-state index in [1.54, 1.807) is 12.1 Å². The molecule has 1 aromatic carbocycles. The van der Waals surface area contributed by atoms with Gasteiger partial charge in [-0.2, -0.15) is 0 Å². The molecule has 1 unspecified atom stereocenters. The van der Waals surface area contributed by atoms with E-state index in [4.69, 9.17) is 0 Å². The summed E-state index contributed by atoms with van der Waals surface area (Å²) < 4.78 is 36.4. The summed E-state index contributed by atoms with van der Waals surface area (Å²) in [5.74, 6) is -0.0930. The Morgan fingerprint density at radius 3 is 2.90 bits per heavy atom. The Labute approximate surface area is 123 Å². The van der Waals surface area contributed by atoms with Crippen molar-refractivity contribution in [2.45, 2.75) is 25.9 Å². The van der Waals surface area contributed by atoms with Gasteiger partial charge < -0.3 is 4.98 Å². The highest BCUT2D eigenvalue weighted by Crippen LogP contribution is 2.29. The first kappa shape index (κ1) is 14.5. The topological polar surface area (TPSA) is 53.2 Å². The molecule has 1 aliphatic heterocycles. The molecule has 1 aliphatic rings. The van der Waals surface area contributed by atoms with Gasteiger partial charge in [-0.3, -0.25) is 4.90 Å². The first-order valence-corrected chi connectivity index (χ1v) is 9.10. The van der Waals surface area contributed by atoms with Gasteiger partial charge in [-0.05, 0) is 30.7 Å². The molecule has 3 rings (SSSR count). The predicted molar refractivity (Wildman–Crippen MR) is 81.5 cm³/mol. The van der Waals surface area contributed by atoms with Gasteiger partial charge >= 0.3 is 0 Å². The summed E-state index contributed by atoms with van der Waals surface area (Å²) in [5.41, 5.74) is 3.17. The van der Waals surface area contributed by atoms with Crippen molar-refractivity contribution in [3.05, 3.63) is 35.3 Å². The number of hydrogen-bond donors (Lipinski definition) is 1. The number of halogens is 1. The fraction of sp³-hybridized carbons (Fsp3) is 0.467. The molecule has 0 spiro atoms. The quantitative estimate of drug-likeness (QED) is 0.944. The molecular formula is C15H19FN2O2S. The predicted octanol–water partition coefficient (Wildman–Crippen LogP) is 2.10. The maximum atomic E-state index is 13.5. The van der Waals surface area contributed by atoms with E-state index in [1.165, 1.54) is 12.3 Å². The highest BCUT2D eigenvalue weighted by Gasteiger charge is 2.25. The third kappa shape index (κ3) is 2.96. The van der Waals surface area contributed by atoms with Crippen molar-refractivity contribution < 1.29 is 12.8 Å². The fourth-order valence-electron chi connectivity index (χ4n) is 3.13. The SMILES string of the molecule is CC(CS(C)(=O)=O)N1CCc2[nH]c3ccc(F)cc3c2C1. The van der Waals surface area contributed by atoms with E-state index in [9.17, 15) is 12.8 Å². The Balaban J connectivity index is 1.91. The lowest BCUT2D eigenvalue weighted by molar-refractivity contribution is 0.205. The van der Waals surface area contributed by atoms with Gasteiger partial charge in [0.15, 0.2) is 0 Å². The number of rotatable bonds is 3. The van der Waals surface area contributed by atoms with Crippen molar-refractivity contribution in [3.8, 4) is 0 Å². The molecule has 0 fully saturated rings. The Bertz CT molecular complexity index is 782. The van der Waals surface area contributed by atoms with Crippen molar-refractivity contribution in [1.29, 1.82) is 0 Å². The van der Waals surface area contributed by atoms with Crippen molar-refractivity contribution in [2.75, 3.05) is 18.6 Å². The second-order valence-electron chi connectivity index (χ2n) is 5.93. The van der Waals surface area contributed by atoms with Crippen LogP contribution in [0.25, 0.3) is 10.9 Å². The van der Waals surface area contributed by atoms with Crippen molar-refractivity contribution >= 4 is 20.7 Å². The normalized spacial score (nSPS) is 17.9. The van der Waals surface area contributed by atoms with Gasteiger partial charge in [-0.25, -0.2) is 12.8 Å². The van der Waals surface area contributed by atoms with Crippen LogP contribution in [0.5, 0.6) is 0 Å². The molecular weight excluding hydrogens is 291 g/mol. The van der Waals surface area contributed by atoms with Gasteiger partial charge in [-0.15, -0.1) is 0 Å². The summed E-state index contributed by atoms with van der Waals surface area (Å²) in [6, 6.07) is 4.73. The molecule has 1 N–H and O–H groups in total. The summed E-state index contributed by atoms with van der Waals surface area (Å²) in [6.07, 6.45) is 2.10. The average Bonchev–Trinajstić information content (AvgIpc) is 2.74. The molecule has 1 aromatic heterocycles. The first-order valence-electron chi connectivity index (χ1n) is 7.04. The molecule has 2 heterocycles. The van der Waals surface area contributed by atoms with Gasteiger partial charge in [0, 0.05) is 48.4 Å². The van der Waals surface area contributed by atoms with E-state index in [0.29, 0.717) is 6.54 Å². The number of benzene rings is 1. The largest absolute Gasteiger partial charge is 0.358 e. The molecule has 0 saturated carbocycles. The number of fused-ring (bicyclic) bond motifs is 3. The third-order valence-corrected chi connectivity index (χ3v) is 5.22. The van der Waals surface area contributed by atoms with E-state index >= 15 is 0 Å². The first-order chi connectivity index (χ1) is 9.83. The van der Waals surface area contributed by atoms with Crippen LogP contribution in [0.2, 0.25) is 0 Å². The van der Waals surface area contributed by atoms with Crippen LogP contribution in [0, 0.1) is 5.82 Å². The van der Waals surface area contributed by atoms with Gasteiger partial charge in [0.05, 0.1) is 5.75 Å².